The molecule has 0 aliphatic rings. The van der Waals surface area contributed by atoms with Crippen LogP contribution in [0.15, 0.2) is 24.3 Å². The van der Waals surface area contributed by atoms with Crippen LogP contribution in [0.2, 0.25) is 0 Å². The monoisotopic (exact) mass is 489 g/mol. The number of halogens is 8. The van der Waals surface area contributed by atoms with Crippen molar-refractivity contribution in [2.75, 3.05) is 30.5 Å². The molecule has 33 heavy (non-hydrogen) atoms. The van der Waals surface area contributed by atoms with E-state index in [1.54, 1.807) is 0 Å². The van der Waals surface area contributed by atoms with Crippen LogP contribution in [0, 0.1) is 0 Å². The summed E-state index contributed by atoms with van der Waals surface area (Å²) < 4.78 is 109. The van der Waals surface area contributed by atoms with E-state index in [9.17, 15) is 39.9 Å². The van der Waals surface area contributed by atoms with Gasteiger partial charge in [-0.1, -0.05) is 12.1 Å². The van der Waals surface area contributed by atoms with E-state index in [1.807, 2.05) is 5.32 Å². The van der Waals surface area contributed by atoms with Crippen molar-refractivity contribution in [1.82, 2.24) is 15.0 Å². The van der Waals surface area contributed by atoms with Crippen molar-refractivity contribution >= 4 is 17.7 Å². The van der Waals surface area contributed by atoms with E-state index in [1.165, 1.54) is 19.2 Å². The first-order valence-electron chi connectivity index (χ1n) is 8.72. The summed E-state index contributed by atoms with van der Waals surface area (Å²) in [6.45, 7) is -3.08. The summed E-state index contributed by atoms with van der Waals surface area (Å²) in [6.07, 6.45) is -9.63. The van der Waals surface area contributed by atoms with E-state index >= 15 is 0 Å². The Morgan fingerprint density at radius 3 is 1.73 bits per heavy atom. The second-order valence-electron chi connectivity index (χ2n) is 6.46. The number of anilines is 2. The predicted octanol–water partition coefficient (Wildman–Crippen LogP) is 4.53. The lowest BCUT2D eigenvalue weighted by molar-refractivity contribution is -0.156. The Balaban J connectivity index is 2.21. The molecular formula is C17H15F8N5O3. The zero-order chi connectivity index (χ0) is 25.0. The summed E-state index contributed by atoms with van der Waals surface area (Å²) >= 11 is 0. The Kier molecular flexibility index (Phi) is 7.49. The van der Waals surface area contributed by atoms with Gasteiger partial charge in [0.1, 0.15) is 0 Å². The highest BCUT2D eigenvalue weighted by Crippen LogP contribution is 2.28. The maximum Gasteiger partial charge on any atom is 0.422 e. The van der Waals surface area contributed by atoms with Gasteiger partial charge < -0.3 is 9.47 Å². The average molecular weight is 489 g/mol. The molecule has 1 heterocycles. The molecule has 0 aliphatic heterocycles. The number of benzene rings is 1. The highest BCUT2D eigenvalue weighted by atomic mass is 19.4. The molecule has 0 spiro atoms. The highest BCUT2D eigenvalue weighted by Gasteiger charge is 2.31. The van der Waals surface area contributed by atoms with Crippen LogP contribution in [-0.2, 0) is 5.92 Å². The van der Waals surface area contributed by atoms with Crippen LogP contribution < -0.4 is 19.7 Å². The van der Waals surface area contributed by atoms with Crippen LogP contribution >= 0.6 is 0 Å². The van der Waals surface area contributed by atoms with Gasteiger partial charge in [0.2, 0.25) is 5.95 Å². The first kappa shape index (κ1) is 25.8. The number of nitrogens with one attached hydrogen (secondary N) is 1. The fraction of sp³-hybridized carbons (Fsp3) is 0.412. The lowest BCUT2D eigenvalue weighted by Crippen LogP contribution is -2.32. The second-order valence-corrected chi connectivity index (χ2v) is 6.46. The van der Waals surface area contributed by atoms with Gasteiger partial charge in [0.05, 0.1) is 0 Å². The molecule has 0 unspecified atom stereocenters. The lowest BCUT2D eigenvalue weighted by atomic mass is 10.1. The Labute approximate surface area is 180 Å². The normalized spacial score (nSPS) is 12.3. The number of hydrogen-bond acceptors (Lipinski definition) is 6. The largest absolute Gasteiger partial charge is 0.454 e. The number of alkyl halides is 8. The molecule has 1 aromatic heterocycles. The van der Waals surface area contributed by atoms with Gasteiger partial charge in [-0.15, -0.1) is 4.98 Å². The van der Waals surface area contributed by atoms with Crippen molar-refractivity contribution in [1.29, 1.82) is 0 Å². The van der Waals surface area contributed by atoms with E-state index in [2.05, 4.69) is 24.4 Å². The molecule has 2 amide bonds. The molecule has 1 aromatic carbocycles. The number of urea groups is 1. The van der Waals surface area contributed by atoms with Crippen molar-refractivity contribution in [3.8, 4) is 12.0 Å². The van der Waals surface area contributed by atoms with Crippen molar-refractivity contribution < 1.29 is 49.4 Å². The highest BCUT2D eigenvalue weighted by molar-refractivity contribution is 6.00. The fourth-order valence-corrected chi connectivity index (χ4v) is 2.09. The maximum atomic E-state index is 13.3. The number of hydrogen-bond donors (Lipinski definition) is 1. The van der Waals surface area contributed by atoms with Crippen molar-refractivity contribution in [3.63, 3.8) is 0 Å². The van der Waals surface area contributed by atoms with Crippen molar-refractivity contribution in [2.24, 2.45) is 0 Å². The number of ether oxygens (including phenoxy) is 2. The van der Waals surface area contributed by atoms with Gasteiger partial charge in [-0.25, -0.2) is 13.6 Å². The molecule has 0 saturated carbocycles. The minimum atomic E-state index is -4.81. The SMILES string of the molecule is CN(C(=O)Nc1nc(OCC(F)(F)F)nc(OCC(F)(F)F)n1)c1ccc(C(C)(F)F)cc1. The van der Waals surface area contributed by atoms with Gasteiger partial charge in [0.15, 0.2) is 13.2 Å². The van der Waals surface area contributed by atoms with Crippen molar-refractivity contribution in [3.05, 3.63) is 29.8 Å². The van der Waals surface area contributed by atoms with Crippen LogP contribution in [0.1, 0.15) is 12.5 Å². The number of carbonyl (C=O) groups excluding carboxylic acids is 1. The van der Waals surface area contributed by atoms with Crippen LogP contribution in [0.5, 0.6) is 12.0 Å². The first-order chi connectivity index (χ1) is 15.0. The third-order valence-electron chi connectivity index (χ3n) is 3.61. The van der Waals surface area contributed by atoms with E-state index in [-0.39, 0.29) is 11.3 Å². The Bertz CT molecular complexity index is 925. The van der Waals surface area contributed by atoms with Crippen LogP contribution in [-0.4, -0.2) is 53.6 Å². The molecular weight excluding hydrogens is 474 g/mol. The van der Waals surface area contributed by atoms with E-state index in [4.69, 9.17) is 0 Å². The molecule has 8 nitrogen and oxygen atoms in total. The number of carbonyl (C=O) groups is 1. The number of aromatic nitrogens is 3. The van der Waals surface area contributed by atoms with Gasteiger partial charge in [-0.2, -0.15) is 36.3 Å². The molecule has 0 saturated heterocycles. The molecule has 16 heteroatoms. The first-order valence-corrected chi connectivity index (χ1v) is 8.72. The van der Waals surface area contributed by atoms with Gasteiger partial charge in [-0.3, -0.25) is 10.2 Å². The van der Waals surface area contributed by atoms with Crippen LogP contribution in [0.25, 0.3) is 0 Å². The summed E-state index contributed by atoms with van der Waals surface area (Å²) in [4.78, 5) is 23.2. The lowest BCUT2D eigenvalue weighted by Gasteiger charge is -2.19. The van der Waals surface area contributed by atoms with Gasteiger partial charge >= 0.3 is 30.4 Å². The standard InChI is InChI=1S/C17H15F8N5O3/c1-15(18,19)9-3-5-10(6-4-9)30(2)14(31)28-11-26-12(32-7-16(20,21)22)29-13(27-11)33-8-17(23,24)25/h3-6H,7-8H2,1-2H3,(H,26,27,28,29,31). The fourth-order valence-electron chi connectivity index (χ4n) is 2.09. The van der Waals surface area contributed by atoms with Gasteiger partial charge in [-0.05, 0) is 12.1 Å². The van der Waals surface area contributed by atoms with Gasteiger partial charge in [0, 0.05) is 25.2 Å². The molecule has 2 aromatic rings. The molecule has 0 bridgehead atoms. The molecule has 0 aliphatic carbocycles. The third kappa shape index (κ3) is 8.53. The van der Waals surface area contributed by atoms with E-state index in [0.717, 1.165) is 17.0 Å². The summed E-state index contributed by atoms with van der Waals surface area (Å²) in [7, 11) is 1.21. The summed E-state index contributed by atoms with van der Waals surface area (Å²) in [5.74, 6) is -3.91. The molecule has 0 atom stereocenters. The zero-order valence-electron chi connectivity index (χ0n) is 16.8. The Morgan fingerprint density at radius 2 is 1.33 bits per heavy atom. The summed E-state index contributed by atoms with van der Waals surface area (Å²) in [6, 6.07) is 1.37. The quantitative estimate of drug-likeness (QED) is 0.575. The molecule has 2 rings (SSSR count). The molecule has 1 N–H and O–H groups in total. The average Bonchev–Trinajstić information content (AvgIpc) is 2.68. The summed E-state index contributed by atoms with van der Waals surface area (Å²) in [5.41, 5.74) is -0.202. The Morgan fingerprint density at radius 1 is 0.879 bits per heavy atom. The minimum absolute atomic E-state index is 0.122. The van der Waals surface area contributed by atoms with E-state index < -0.39 is 55.5 Å². The maximum absolute atomic E-state index is 13.3. The topological polar surface area (TPSA) is 89.5 Å². The van der Waals surface area contributed by atoms with E-state index in [0.29, 0.717) is 6.92 Å². The number of nitrogens with zero attached hydrogens (tertiary/aromatic N) is 4. The predicted molar refractivity (Wildman–Crippen MR) is 96.4 cm³/mol. The summed E-state index contributed by atoms with van der Waals surface area (Å²) in [5, 5.41) is 2.01. The molecule has 182 valence electrons. The molecule has 0 radical (unpaired) electrons. The van der Waals surface area contributed by atoms with Crippen LogP contribution in [0.4, 0.5) is 51.6 Å². The zero-order valence-corrected chi connectivity index (χ0v) is 16.8. The van der Waals surface area contributed by atoms with Crippen molar-refractivity contribution in [2.45, 2.75) is 25.2 Å². The minimum Gasteiger partial charge on any atom is -0.454 e. The number of amides is 2. The third-order valence-corrected chi connectivity index (χ3v) is 3.61. The smallest absolute Gasteiger partial charge is 0.422 e. The molecule has 0 fully saturated rings. The van der Waals surface area contributed by atoms with Gasteiger partial charge in [0.25, 0.3) is 5.92 Å². The Hall–Kier alpha value is -3.46. The van der Waals surface area contributed by atoms with Crippen LogP contribution in [0.3, 0.4) is 0 Å². The number of rotatable bonds is 7. The second kappa shape index (κ2) is 9.58.